The molecule has 1 aromatic carbocycles. The minimum atomic E-state index is -0.322. The second kappa shape index (κ2) is 42.6. The first-order valence-corrected chi connectivity index (χ1v) is 29.4. The fourth-order valence-electron chi connectivity index (χ4n) is 10.1. The molecule has 1 aromatic rings. The monoisotopic (exact) mass is 939 g/mol. The first-order chi connectivity index (χ1) is 32.5. The van der Waals surface area contributed by atoms with Crippen LogP contribution in [0.25, 0.3) is 0 Å². The number of unbranched alkanes of at least 4 members (excludes halogenated alkanes) is 34. The third-order valence-corrected chi connectivity index (χ3v) is 14.9. The number of ether oxygens (including phenoxy) is 1. The van der Waals surface area contributed by atoms with Crippen LogP contribution in [0, 0.1) is 0 Å². The van der Waals surface area contributed by atoms with Crippen LogP contribution in [0.4, 0.5) is 0 Å². The molecule has 0 saturated heterocycles. The molecule has 0 radical (unpaired) electrons. The molecule has 0 bridgehead atoms. The molecule has 0 aliphatic heterocycles. The number of amides is 2. The zero-order valence-electron chi connectivity index (χ0n) is 45.9. The number of hydrogen-bond acceptors (Lipinski definition) is 4. The highest BCUT2D eigenvalue weighted by atomic mass is 16.5. The van der Waals surface area contributed by atoms with E-state index in [1.807, 2.05) is 12.1 Å². The van der Waals surface area contributed by atoms with Crippen molar-refractivity contribution in [1.29, 1.82) is 0 Å². The predicted octanol–water partition coefficient (Wildman–Crippen LogP) is 18.6. The van der Waals surface area contributed by atoms with Crippen molar-refractivity contribution in [2.24, 2.45) is 0 Å². The molecule has 6 heteroatoms. The van der Waals surface area contributed by atoms with E-state index in [1.54, 1.807) is 7.11 Å². The minimum Gasteiger partial charge on any atom is -0.508 e. The van der Waals surface area contributed by atoms with Gasteiger partial charge in [0.15, 0.2) is 0 Å². The Morgan fingerprint density at radius 1 is 0.418 bits per heavy atom. The summed E-state index contributed by atoms with van der Waals surface area (Å²) in [5, 5.41) is 17.6. The summed E-state index contributed by atoms with van der Waals surface area (Å²) >= 11 is 0. The number of carbonyl (C=O) groups is 2. The van der Waals surface area contributed by atoms with Crippen molar-refractivity contribution >= 4 is 11.8 Å². The highest BCUT2D eigenvalue weighted by Gasteiger charge is 2.30. The van der Waals surface area contributed by atoms with Crippen molar-refractivity contribution < 1.29 is 19.4 Å². The highest BCUT2D eigenvalue weighted by Crippen LogP contribution is 2.44. The number of nitrogens with one attached hydrogen (secondary N) is 2. The maximum Gasteiger partial charge on any atom is 0.219 e. The Morgan fingerprint density at radius 2 is 0.687 bits per heavy atom. The SMILES string of the molecule is CCCCCCCCCCCCCCCCCCCCNC(=O)CCCC(C)(C)c1cc(OC)c(C(C)(C)CCCC(=O)NCCCCCCCCCCCCCCCCCCCC)cc1O. The van der Waals surface area contributed by atoms with Gasteiger partial charge in [-0.05, 0) is 61.5 Å². The first kappa shape index (κ1) is 62.8. The zero-order chi connectivity index (χ0) is 49.1. The molecule has 3 N–H and O–H groups in total. The molecule has 0 heterocycles. The average molecular weight is 940 g/mol. The van der Waals surface area contributed by atoms with Crippen LogP contribution in [0.5, 0.6) is 11.5 Å². The van der Waals surface area contributed by atoms with Crippen LogP contribution in [0.15, 0.2) is 12.1 Å². The molecule has 0 saturated carbocycles. The largest absolute Gasteiger partial charge is 0.508 e. The zero-order valence-corrected chi connectivity index (χ0v) is 45.9. The molecule has 0 atom stereocenters. The summed E-state index contributed by atoms with van der Waals surface area (Å²) in [6, 6.07) is 3.87. The van der Waals surface area contributed by atoms with Crippen molar-refractivity contribution in [2.45, 2.75) is 322 Å². The number of hydrogen-bond donors (Lipinski definition) is 3. The average Bonchev–Trinajstić information content (AvgIpc) is 3.30. The Kier molecular flexibility index (Phi) is 39.9. The van der Waals surface area contributed by atoms with E-state index in [2.05, 4.69) is 52.2 Å². The molecular weight excluding hydrogens is 825 g/mol. The summed E-state index contributed by atoms with van der Waals surface area (Å²) in [7, 11) is 1.70. The number of methoxy groups -OCH3 is 1. The molecule has 392 valence electrons. The standard InChI is InChI=1S/C61H114N2O4/c1-8-10-12-14-16-18-20-22-24-26-28-30-32-34-36-38-40-42-50-62-58(65)46-44-48-60(3,4)54-53-57(67-7)55(52-56(54)64)61(5,6)49-45-47-59(66)63-51-43-41-39-37-35-33-31-29-27-25-23-21-19-17-15-13-11-9-2/h52-53,64H,8-51H2,1-7H3,(H,62,65)(H,63,66). The quantitative estimate of drug-likeness (QED) is 0.0568. The molecule has 0 spiro atoms. The van der Waals surface area contributed by atoms with Crippen LogP contribution in [0.3, 0.4) is 0 Å². The molecule has 1 rings (SSSR count). The van der Waals surface area contributed by atoms with Crippen molar-refractivity contribution in [1.82, 2.24) is 10.6 Å². The van der Waals surface area contributed by atoms with Crippen molar-refractivity contribution in [3.05, 3.63) is 23.3 Å². The van der Waals surface area contributed by atoms with Crippen molar-refractivity contribution in [2.75, 3.05) is 20.2 Å². The van der Waals surface area contributed by atoms with Gasteiger partial charge in [-0.3, -0.25) is 9.59 Å². The summed E-state index contributed by atoms with van der Waals surface area (Å²) in [6.45, 7) is 14.7. The van der Waals surface area contributed by atoms with Gasteiger partial charge in [0, 0.05) is 37.1 Å². The lowest BCUT2D eigenvalue weighted by molar-refractivity contribution is -0.122. The van der Waals surface area contributed by atoms with E-state index >= 15 is 0 Å². The fourth-order valence-corrected chi connectivity index (χ4v) is 10.1. The van der Waals surface area contributed by atoms with Gasteiger partial charge in [-0.25, -0.2) is 0 Å². The van der Waals surface area contributed by atoms with E-state index < -0.39 is 0 Å². The number of phenols is 1. The van der Waals surface area contributed by atoms with Crippen LogP contribution in [0.2, 0.25) is 0 Å². The van der Waals surface area contributed by atoms with Gasteiger partial charge in [0.1, 0.15) is 11.5 Å². The Hall–Kier alpha value is -2.24. The maximum absolute atomic E-state index is 12.7. The van der Waals surface area contributed by atoms with E-state index in [-0.39, 0.29) is 28.4 Å². The molecule has 0 aliphatic carbocycles. The lowest BCUT2D eigenvalue weighted by Gasteiger charge is -2.31. The first-order valence-electron chi connectivity index (χ1n) is 29.4. The lowest BCUT2D eigenvalue weighted by Crippen LogP contribution is -2.26. The van der Waals surface area contributed by atoms with E-state index in [0.717, 1.165) is 68.5 Å². The van der Waals surface area contributed by atoms with Gasteiger partial charge >= 0.3 is 0 Å². The fraction of sp³-hybridized carbons (Fsp3) is 0.869. The Balaban J connectivity index is 2.17. The number of rotatable bonds is 49. The van der Waals surface area contributed by atoms with Gasteiger partial charge in [0.2, 0.25) is 11.8 Å². The van der Waals surface area contributed by atoms with Gasteiger partial charge in [0.25, 0.3) is 0 Å². The van der Waals surface area contributed by atoms with E-state index in [0.29, 0.717) is 12.8 Å². The molecule has 0 unspecified atom stereocenters. The highest BCUT2D eigenvalue weighted by molar-refractivity contribution is 5.76. The number of benzene rings is 1. The molecular formula is C61H114N2O4. The second-order valence-corrected chi connectivity index (χ2v) is 22.3. The van der Waals surface area contributed by atoms with E-state index in [1.165, 1.54) is 218 Å². The molecule has 0 aromatic heterocycles. The van der Waals surface area contributed by atoms with Gasteiger partial charge in [-0.1, -0.05) is 260 Å². The maximum atomic E-state index is 12.7. The van der Waals surface area contributed by atoms with Crippen molar-refractivity contribution in [3.63, 3.8) is 0 Å². The lowest BCUT2D eigenvalue weighted by atomic mass is 9.75. The second-order valence-electron chi connectivity index (χ2n) is 22.3. The van der Waals surface area contributed by atoms with Gasteiger partial charge in [-0.2, -0.15) is 0 Å². The summed E-state index contributed by atoms with van der Waals surface area (Å²) in [4.78, 5) is 25.4. The summed E-state index contributed by atoms with van der Waals surface area (Å²) in [5.41, 5.74) is 1.22. The molecule has 67 heavy (non-hydrogen) atoms. The Labute approximate surface area is 417 Å². The van der Waals surface area contributed by atoms with E-state index in [4.69, 9.17) is 4.74 Å². The minimum absolute atomic E-state index is 0.126. The Morgan fingerprint density at radius 3 is 0.970 bits per heavy atom. The van der Waals surface area contributed by atoms with Gasteiger partial charge in [0.05, 0.1) is 7.11 Å². The third-order valence-electron chi connectivity index (χ3n) is 14.9. The number of phenolic OH excluding ortho intramolecular Hbond substituents is 1. The number of carbonyl (C=O) groups excluding carboxylic acids is 2. The predicted molar refractivity (Wildman–Crippen MR) is 292 cm³/mol. The van der Waals surface area contributed by atoms with Crippen molar-refractivity contribution in [3.8, 4) is 11.5 Å². The Bertz CT molecular complexity index is 1310. The molecule has 0 aliphatic rings. The summed E-state index contributed by atoms with van der Waals surface area (Å²) in [5.74, 6) is 1.30. The van der Waals surface area contributed by atoms with Crippen LogP contribution < -0.4 is 15.4 Å². The van der Waals surface area contributed by atoms with Gasteiger partial charge in [-0.15, -0.1) is 0 Å². The van der Waals surface area contributed by atoms with Crippen LogP contribution >= 0.6 is 0 Å². The van der Waals surface area contributed by atoms with Gasteiger partial charge < -0.3 is 20.5 Å². The molecule has 0 fully saturated rings. The van der Waals surface area contributed by atoms with E-state index in [9.17, 15) is 14.7 Å². The van der Waals surface area contributed by atoms with Crippen LogP contribution in [-0.2, 0) is 20.4 Å². The normalized spacial score (nSPS) is 11.9. The summed E-state index contributed by atoms with van der Waals surface area (Å²) in [6.07, 6.45) is 53.3. The third kappa shape index (κ3) is 34.7. The smallest absolute Gasteiger partial charge is 0.219 e. The van der Waals surface area contributed by atoms with Crippen LogP contribution in [0.1, 0.15) is 322 Å². The summed E-state index contributed by atoms with van der Waals surface area (Å²) < 4.78 is 5.92. The number of aromatic hydroxyl groups is 1. The molecule has 2 amide bonds. The molecule has 6 nitrogen and oxygen atoms in total. The van der Waals surface area contributed by atoms with Crippen LogP contribution in [-0.4, -0.2) is 37.1 Å². The topological polar surface area (TPSA) is 87.7 Å².